The number of carboxylic acid groups (broad SMARTS) is 1. The quantitative estimate of drug-likeness (QED) is 0.207. The Labute approximate surface area is 211 Å². The fourth-order valence-corrected chi connectivity index (χ4v) is 4.57. The topological polar surface area (TPSA) is 151 Å². The van der Waals surface area contributed by atoms with Crippen molar-refractivity contribution in [3.63, 3.8) is 0 Å². The minimum absolute atomic E-state index is 0.116. The van der Waals surface area contributed by atoms with Gasteiger partial charge in [-0.15, -0.1) is 0 Å². The highest BCUT2D eigenvalue weighted by Crippen LogP contribution is 2.26. The normalized spacial score (nSPS) is 18.1. The lowest BCUT2D eigenvalue weighted by Gasteiger charge is -2.27. The van der Waals surface area contributed by atoms with Gasteiger partial charge in [0.25, 0.3) is 0 Å². The van der Waals surface area contributed by atoms with Crippen molar-refractivity contribution in [3.8, 4) is 11.1 Å². The third kappa shape index (κ3) is 6.19. The average molecular weight is 484 g/mol. The molecule has 1 saturated carbocycles. The van der Waals surface area contributed by atoms with Gasteiger partial charge >= 0.3 is 5.97 Å². The first-order valence-corrected chi connectivity index (χ1v) is 12.2. The van der Waals surface area contributed by atoms with Gasteiger partial charge in [-0.2, -0.15) is 0 Å². The second-order valence-electron chi connectivity index (χ2n) is 9.40. The summed E-state index contributed by atoms with van der Waals surface area (Å²) in [7, 11) is 0. The summed E-state index contributed by atoms with van der Waals surface area (Å²) in [5.41, 5.74) is 23.6. The van der Waals surface area contributed by atoms with Crippen molar-refractivity contribution in [2.75, 3.05) is 5.73 Å². The zero-order valence-corrected chi connectivity index (χ0v) is 20.2. The van der Waals surface area contributed by atoms with E-state index in [9.17, 15) is 9.90 Å². The van der Waals surface area contributed by atoms with E-state index >= 15 is 0 Å². The molecule has 7 heteroatoms. The van der Waals surface area contributed by atoms with Gasteiger partial charge in [-0.25, -0.2) is 4.79 Å². The maximum absolute atomic E-state index is 11.3. The van der Waals surface area contributed by atoms with Crippen LogP contribution in [-0.4, -0.2) is 28.9 Å². The number of carboxylic acids is 1. The first-order valence-electron chi connectivity index (χ1n) is 12.2. The van der Waals surface area contributed by atoms with Crippen LogP contribution in [0.2, 0.25) is 0 Å². The largest absolute Gasteiger partial charge is 0.478 e. The summed E-state index contributed by atoms with van der Waals surface area (Å²) in [6, 6.07) is 20.9. The van der Waals surface area contributed by atoms with Crippen LogP contribution in [0.25, 0.3) is 17.2 Å². The SMILES string of the molecule is N=C(/C(N)=C/c1cccc(CNC2CCC(N)CC2)c1)c1cc(-c2cccc(C(=O)O)c2)ccc1N. The van der Waals surface area contributed by atoms with E-state index in [2.05, 4.69) is 17.4 Å². The van der Waals surface area contributed by atoms with Crippen LogP contribution < -0.4 is 22.5 Å². The van der Waals surface area contributed by atoms with Crippen molar-refractivity contribution in [2.24, 2.45) is 11.5 Å². The lowest BCUT2D eigenvalue weighted by atomic mass is 9.91. The van der Waals surface area contributed by atoms with Gasteiger partial charge < -0.3 is 27.6 Å². The fraction of sp³-hybridized carbons (Fsp3) is 0.241. The summed E-state index contributed by atoms with van der Waals surface area (Å²) in [5.74, 6) is -0.993. The van der Waals surface area contributed by atoms with E-state index in [4.69, 9.17) is 22.6 Å². The minimum Gasteiger partial charge on any atom is -0.478 e. The Morgan fingerprint density at radius 1 is 1.00 bits per heavy atom. The molecule has 7 nitrogen and oxygen atoms in total. The Morgan fingerprint density at radius 2 is 1.72 bits per heavy atom. The van der Waals surface area contributed by atoms with Gasteiger partial charge in [-0.3, -0.25) is 5.41 Å². The Hall–Kier alpha value is -3.94. The highest BCUT2D eigenvalue weighted by Gasteiger charge is 2.18. The standard InChI is InChI=1S/C29H33N5O2/c30-23-8-10-24(11-9-23)34-17-19-4-1-3-18(13-19)14-27(32)28(33)25-16-21(7-12-26(25)31)20-5-2-6-22(15-20)29(35)36/h1-7,12-16,23-24,33-34H,8-11,17,30-32H2,(H,35,36)/b27-14-,33-28?. The number of rotatable bonds is 8. The molecule has 3 aromatic carbocycles. The summed E-state index contributed by atoms with van der Waals surface area (Å²) in [5, 5.41) is 21.6. The molecule has 4 rings (SSSR count). The highest BCUT2D eigenvalue weighted by molar-refractivity contribution is 6.15. The van der Waals surface area contributed by atoms with Crippen molar-refractivity contribution in [1.29, 1.82) is 5.41 Å². The predicted octanol–water partition coefficient (Wildman–Crippen LogP) is 4.36. The predicted molar refractivity (Wildman–Crippen MR) is 146 cm³/mol. The second-order valence-corrected chi connectivity index (χ2v) is 9.40. The van der Waals surface area contributed by atoms with Gasteiger partial charge in [0, 0.05) is 29.9 Å². The molecule has 0 spiro atoms. The molecule has 0 unspecified atom stereocenters. The highest BCUT2D eigenvalue weighted by atomic mass is 16.4. The van der Waals surface area contributed by atoms with Crippen molar-refractivity contribution in [2.45, 2.75) is 44.3 Å². The van der Waals surface area contributed by atoms with Gasteiger partial charge in [0.15, 0.2) is 0 Å². The summed E-state index contributed by atoms with van der Waals surface area (Å²) in [6.45, 7) is 0.767. The average Bonchev–Trinajstić information content (AvgIpc) is 2.88. The van der Waals surface area contributed by atoms with E-state index in [1.165, 1.54) is 0 Å². The lowest BCUT2D eigenvalue weighted by Crippen LogP contribution is -2.37. The molecule has 0 aliphatic heterocycles. The van der Waals surface area contributed by atoms with E-state index in [1.54, 1.807) is 36.4 Å². The molecule has 0 aromatic heterocycles. The number of allylic oxidation sites excluding steroid dienone is 1. The molecule has 0 radical (unpaired) electrons. The number of nitrogen functional groups attached to an aromatic ring is 1. The van der Waals surface area contributed by atoms with Crippen LogP contribution in [0, 0.1) is 5.41 Å². The molecule has 186 valence electrons. The molecule has 36 heavy (non-hydrogen) atoms. The van der Waals surface area contributed by atoms with E-state index in [1.807, 2.05) is 24.3 Å². The van der Waals surface area contributed by atoms with Crippen molar-refractivity contribution < 1.29 is 9.90 Å². The van der Waals surface area contributed by atoms with Crippen LogP contribution in [0.15, 0.2) is 72.4 Å². The number of nitrogens with two attached hydrogens (primary N) is 3. The van der Waals surface area contributed by atoms with Crippen LogP contribution >= 0.6 is 0 Å². The molecule has 0 heterocycles. The third-order valence-corrected chi connectivity index (χ3v) is 6.69. The molecule has 3 aromatic rings. The van der Waals surface area contributed by atoms with Gasteiger partial charge in [0.05, 0.1) is 17.0 Å². The monoisotopic (exact) mass is 483 g/mol. The Morgan fingerprint density at radius 3 is 2.47 bits per heavy atom. The van der Waals surface area contributed by atoms with E-state index in [-0.39, 0.29) is 11.3 Å². The molecular formula is C29H33N5O2. The molecule has 1 fully saturated rings. The Bertz CT molecular complexity index is 1290. The number of aromatic carboxylic acids is 1. The van der Waals surface area contributed by atoms with Crippen molar-refractivity contribution >= 4 is 23.4 Å². The number of carbonyl (C=O) groups is 1. The zero-order valence-electron chi connectivity index (χ0n) is 20.2. The lowest BCUT2D eigenvalue weighted by molar-refractivity contribution is 0.0697. The van der Waals surface area contributed by atoms with Crippen LogP contribution in [0.5, 0.6) is 0 Å². The number of nitrogens with one attached hydrogen (secondary N) is 2. The first-order chi connectivity index (χ1) is 17.3. The zero-order chi connectivity index (χ0) is 25.7. The Kier molecular flexibility index (Phi) is 7.83. The summed E-state index contributed by atoms with van der Waals surface area (Å²) in [4.78, 5) is 11.3. The molecular weight excluding hydrogens is 450 g/mol. The van der Waals surface area contributed by atoms with E-state index in [0.717, 1.165) is 54.5 Å². The van der Waals surface area contributed by atoms with Gasteiger partial charge in [0.2, 0.25) is 0 Å². The minimum atomic E-state index is -0.993. The second kappa shape index (κ2) is 11.2. The molecule has 1 aliphatic carbocycles. The van der Waals surface area contributed by atoms with Crippen LogP contribution in [0.3, 0.4) is 0 Å². The van der Waals surface area contributed by atoms with Crippen molar-refractivity contribution in [3.05, 3.63) is 94.7 Å². The molecule has 0 amide bonds. The third-order valence-electron chi connectivity index (χ3n) is 6.69. The fourth-order valence-electron chi connectivity index (χ4n) is 4.57. The van der Waals surface area contributed by atoms with Crippen LogP contribution in [0.4, 0.5) is 5.69 Å². The smallest absolute Gasteiger partial charge is 0.335 e. The molecule has 0 bridgehead atoms. The van der Waals surface area contributed by atoms with E-state index < -0.39 is 5.97 Å². The van der Waals surface area contributed by atoms with Gasteiger partial charge in [0.1, 0.15) is 0 Å². The van der Waals surface area contributed by atoms with Crippen LogP contribution in [-0.2, 0) is 6.54 Å². The number of hydrogen-bond acceptors (Lipinski definition) is 6. The number of benzene rings is 3. The van der Waals surface area contributed by atoms with Gasteiger partial charge in [-0.1, -0.05) is 42.5 Å². The molecule has 1 aliphatic rings. The first kappa shape index (κ1) is 25.2. The maximum atomic E-state index is 11.3. The van der Waals surface area contributed by atoms with E-state index in [0.29, 0.717) is 29.0 Å². The van der Waals surface area contributed by atoms with Crippen molar-refractivity contribution in [1.82, 2.24) is 5.32 Å². The molecule has 9 N–H and O–H groups in total. The summed E-state index contributed by atoms with van der Waals surface area (Å²) in [6.07, 6.45) is 6.11. The number of anilines is 1. The van der Waals surface area contributed by atoms with Crippen LogP contribution in [0.1, 0.15) is 52.7 Å². The summed E-state index contributed by atoms with van der Waals surface area (Å²) >= 11 is 0. The van der Waals surface area contributed by atoms with Gasteiger partial charge in [-0.05, 0) is 78.3 Å². The summed E-state index contributed by atoms with van der Waals surface area (Å²) < 4.78 is 0. The maximum Gasteiger partial charge on any atom is 0.335 e. The number of hydrogen-bond donors (Lipinski definition) is 6. The molecule has 0 atom stereocenters. The Balaban J connectivity index is 1.50. The molecule has 0 saturated heterocycles.